The molecular formula is C14H24BrN3O. The summed E-state index contributed by atoms with van der Waals surface area (Å²) in [6.45, 7) is 2.64. The van der Waals surface area contributed by atoms with Gasteiger partial charge in [0.2, 0.25) is 0 Å². The van der Waals surface area contributed by atoms with Crippen molar-refractivity contribution in [3.63, 3.8) is 0 Å². The third-order valence-electron chi connectivity index (χ3n) is 4.07. The topological polar surface area (TPSA) is 39.1 Å². The van der Waals surface area contributed by atoms with Crippen LogP contribution in [0.1, 0.15) is 37.3 Å². The van der Waals surface area contributed by atoms with Crippen LogP contribution in [0.4, 0.5) is 0 Å². The van der Waals surface area contributed by atoms with Gasteiger partial charge in [-0.25, -0.2) is 0 Å². The lowest BCUT2D eigenvalue weighted by molar-refractivity contribution is 0.179. The van der Waals surface area contributed by atoms with Crippen molar-refractivity contribution in [3.8, 4) is 0 Å². The molecule has 0 aliphatic heterocycles. The summed E-state index contributed by atoms with van der Waals surface area (Å²) >= 11 is 3.68. The van der Waals surface area contributed by atoms with Gasteiger partial charge in [-0.3, -0.25) is 4.68 Å². The number of halogens is 1. The molecule has 2 unspecified atom stereocenters. The number of ether oxygens (including phenoxy) is 1. The maximum atomic E-state index is 5.18. The van der Waals surface area contributed by atoms with E-state index in [1.807, 2.05) is 13.2 Å². The minimum absolute atomic E-state index is 0.606. The predicted molar refractivity (Wildman–Crippen MR) is 80.4 cm³/mol. The maximum Gasteiger partial charge on any atom is 0.0658 e. The molecule has 19 heavy (non-hydrogen) atoms. The van der Waals surface area contributed by atoms with E-state index in [9.17, 15) is 0 Å². The van der Waals surface area contributed by atoms with Gasteiger partial charge in [-0.15, -0.1) is 0 Å². The summed E-state index contributed by atoms with van der Waals surface area (Å²) in [5.74, 6) is 1.32. The first-order valence-electron chi connectivity index (χ1n) is 7.12. The van der Waals surface area contributed by atoms with E-state index >= 15 is 0 Å². The number of rotatable bonds is 6. The number of hydrogen-bond donors (Lipinski definition) is 1. The molecule has 0 bridgehead atoms. The second-order valence-electron chi connectivity index (χ2n) is 5.30. The van der Waals surface area contributed by atoms with Crippen LogP contribution in [0.3, 0.4) is 0 Å². The molecule has 1 aliphatic carbocycles. The number of nitrogens with zero attached hydrogens (tertiary/aromatic N) is 2. The first kappa shape index (κ1) is 15.0. The predicted octanol–water partition coefficient (Wildman–Crippen LogP) is 2.79. The summed E-state index contributed by atoms with van der Waals surface area (Å²) in [6, 6.07) is 0. The van der Waals surface area contributed by atoms with Crippen LogP contribution in [-0.4, -0.2) is 37.1 Å². The fraction of sp³-hybridized carbons (Fsp3) is 0.786. The average molecular weight is 330 g/mol. The number of nitrogens with one attached hydrogen (secondary N) is 1. The van der Waals surface area contributed by atoms with Crippen LogP contribution in [0.15, 0.2) is 10.7 Å². The van der Waals surface area contributed by atoms with Crippen LogP contribution in [-0.2, 0) is 11.3 Å². The molecule has 0 saturated heterocycles. The van der Waals surface area contributed by atoms with Gasteiger partial charge in [0.1, 0.15) is 0 Å². The van der Waals surface area contributed by atoms with E-state index in [0.717, 1.165) is 17.6 Å². The Balaban J connectivity index is 2.19. The van der Waals surface area contributed by atoms with Gasteiger partial charge in [-0.05, 0) is 48.3 Å². The van der Waals surface area contributed by atoms with Crippen LogP contribution in [0, 0.1) is 5.92 Å². The summed E-state index contributed by atoms with van der Waals surface area (Å²) in [7, 11) is 3.78. The normalized spacial score (nSPS) is 23.7. The van der Waals surface area contributed by atoms with Gasteiger partial charge in [0.15, 0.2) is 0 Å². The molecular weight excluding hydrogens is 306 g/mol. The van der Waals surface area contributed by atoms with E-state index in [1.165, 1.54) is 31.4 Å². The Hall–Kier alpha value is -0.390. The van der Waals surface area contributed by atoms with Crippen molar-refractivity contribution in [1.82, 2.24) is 15.1 Å². The van der Waals surface area contributed by atoms with Crippen molar-refractivity contribution < 1.29 is 4.74 Å². The zero-order chi connectivity index (χ0) is 13.7. The molecule has 0 aromatic carbocycles. The Morgan fingerprint density at radius 1 is 1.47 bits per heavy atom. The highest BCUT2D eigenvalue weighted by atomic mass is 79.9. The van der Waals surface area contributed by atoms with Crippen molar-refractivity contribution in [1.29, 1.82) is 0 Å². The van der Waals surface area contributed by atoms with Crippen molar-refractivity contribution in [2.75, 3.05) is 27.3 Å². The summed E-state index contributed by atoms with van der Waals surface area (Å²) in [5, 5.41) is 7.83. The van der Waals surface area contributed by atoms with Gasteiger partial charge in [0, 0.05) is 13.0 Å². The standard InChI is InChI=1S/C14H24BrN3O/c1-16-9-11-5-3-4-6-12(11)14-13(15)10-17-18(14)7-8-19-2/h10-12,16H,3-9H2,1-2H3. The van der Waals surface area contributed by atoms with Crippen LogP contribution < -0.4 is 5.32 Å². The van der Waals surface area contributed by atoms with Crippen LogP contribution >= 0.6 is 15.9 Å². The fourth-order valence-corrected chi connectivity index (χ4v) is 3.76. The molecule has 1 N–H and O–H groups in total. The van der Waals surface area contributed by atoms with Gasteiger partial charge >= 0.3 is 0 Å². The average Bonchev–Trinajstić information content (AvgIpc) is 2.79. The molecule has 1 aliphatic rings. The first-order valence-corrected chi connectivity index (χ1v) is 7.92. The van der Waals surface area contributed by atoms with Crippen LogP contribution in [0.25, 0.3) is 0 Å². The molecule has 1 aromatic rings. The molecule has 5 heteroatoms. The van der Waals surface area contributed by atoms with E-state index in [2.05, 4.69) is 31.0 Å². The largest absolute Gasteiger partial charge is 0.383 e. The van der Waals surface area contributed by atoms with E-state index in [0.29, 0.717) is 18.4 Å². The molecule has 1 fully saturated rings. The van der Waals surface area contributed by atoms with Crippen molar-refractivity contribution >= 4 is 15.9 Å². The molecule has 0 spiro atoms. The minimum atomic E-state index is 0.606. The quantitative estimate of drug-likeness (QED) is 0.872. The molecule has 4 nitrogen and oxygen atoms in total. The van der Waals surface area contributed by atoms with E-state index in [-0.39, 0.29) is 0 Å². The third kappa shape index (κ3) is 3.58. The Morgan fingerprint density at radius 2 is 2.26 bits per heavy atom. The summed E-state index contributed by atoms with van der Waals surface area (Å²) in [6.07, 6.45) is 7.19. The lowest BCUT2D eigenvalue weighted by atomic mass is 9.77. The van der Waals surface area contributed by atoms with Crippen LogP contribution in [0.2, 0.25) is 0 Å². The highest BCUT2D eigenvalue weighted by molar-refractivity contribution is 9.10. The van der Waals surface area contributed by atoms with E-state index in [4.69, 9.17) is 4.74 Å². The molecule has 108 valence electrons. The van der Waals surface area contributed by atoms with Crippen molar-refractivity contribution in [3.05, 3.63) is 16.4 Å². The molecule has 1 heterocycles. The zero-order valence-corrected chi connectivity index (χ0v) is 13.4. The molecule has 2 rings (SSSR count). The van der Waals surface area contributed by atoms with Gasteiger partial charge in [0.05, 0.1) is 29.5 Å². The Bertz CT molecular complexity index is 392. The number of aromatic nitrogens is 2. The molecule has 2 atom stereocenters. The van der Waals surface area contributed by atoms with Crippen LogP contribution in [0.5, 0.6) is 0 Å². The maximum absolute atomic E-state index is 5.18. The van der Waals surface area contributed by atoms with Gasteiger partial charge < -0.3 is 10.1 Å². The Kier molecular flexibility index (Phi) is 5.85. The molecule has 1 saturated carbocycles. The SMILES string of the molecule is CNCC1CCCCC1c1c(Br)cnn1CCOC. The second kappa shape index (κ2) is 7.41. The van der Waals surface area contributed by atoms with Crippen molar-refractivity contribution in [2.24, 2.45) is 5.92 Å². The highest BCUT2D eigenvalue weighted by Gasteiger charge is 2.30. The molecule has 1 aromatic heterocycles. The smallest absolute Gasteiger partial charge is 0.0658 e. The second-order valence-corrected chi connectivity index (χ2v) is 6.16. The minimum Gasteiger partial charge on any atom is -0.383 e. The lowest BCUT2D eigenvalue weighted by Crippen LogP contribution is -2.29. The van der Waals surface area contributed by atoms with E-state index < -0.39 is 0 Å². The number of hydrogen-bond acceptors (Lipinski definition) is 3. The molecule has 0 amide bonds. The summed E-state index contributed by atoms with van der Waals surface area (Å²) in [4.78, 5) is 0. The van der Waals surface area contributed by atoms with Gasteiger partial charge in [-0.1, -0.05) is 12.8 Å². The molecule has 0 radical (unpaired) electrons. The zero-order valence-electron chi connectivity index (χ0n) is 11.9. The first-order chi connectivity index (χ1) is 9.27. The Labute approximate surface area is 124 Å². The highest BCUT2D eigenvalue weighted by Crippen LogP contribution is 2.40. The summed E-state index contributed by atoms with van der Waals surface area (Å²) in [5.41, 5.74) is 1.36. The summed E-state index contributed by atoms with van der Waals surface area (Å²) < 4.78 is 8.45. The van der Waals surface area contributed by atoms with E-state index in [1.54, 1.807) is 7.11 Å². The monoisotopic (exact) mass is 329 g/mol. The van der Waals surface area contributed by atoms with Gasteiger partial charge in [-0.2, -0.15) is 5.10 Å². The third-order valence-corrected chi connectivity index (χ3v) is 4.68. The van der Waals surface area contributed by atoms with Gasteiger partial charge in [0.25, 0.3) is 0 Å². The van der Waals surface area contributed by atoms with Crippen molar-refractivity contribution in [2.45, 2.75) is 38.1 Å². The lowest BCUT2D eigenvalue weighted by Gasteiger charge is -2.32. The number of methoxy groups -OCH3 is 1. The fourth-order valence-electron chi connectivity index (χ4n) is 3.17. The Morgan fingerprint density at radius 3 is 3.00 bits per heavy atom.